The summed E-state index contributed by atoms with van der Waals surface area (Å²) < 4.78 is 5.28. The van der Waals surface area contributed by atoms with Gasteiger partial charge in [0.1, 0.15) is 23.0 Å². The topological polar surface area (TPSA) is 147 Å². The van der Waals surface area contributed by atoms with Crippen LogP contribution in [0.3, 0.4) is 0 Å². The number of hydrogen-bond acceptors (Lipinski definition) is 8. The molecule has 0 radical (unpaired) electrons. The van der Waals surface area contributed by atoms with E-state index in [1.807, 2.05) is 32.0 Å². The van der Waals surface area contributed by atoms with Crippen LogP contribution in [0.25, 0.3) is 22.4 Å². The lowest BCUT2D eigenvalue weighted by Crippen LogP contribution is -2.21. The molecule has 33 heavy (non-hydrogen) atoms. The van der Waals surface area contributed by atoms with Crippen LogP contribution >= 0.6 is 13.5 Å². The summed E-state index contributed by atoms with van der Waals surface area (Å²) in [5.74, 6) is 1.63. The second kappa shape index (κ2) is 10.2. The molecule has 1 atom stereocenters. The number of methoxy groups -OCH3 is 1. The lowest BCUT2D eigenvalue weighted by molar-refractivity contribution is 0.415. The fourth-order valence-electron chi connectivity index (χ4n) is 3.34. The molecule has 1 aromatic carbocycles. The highest BCUT2D eigenvalue weighted by molar-refractivity contribution is 7.59. The maximum atomic E-state index is 13.2. The van der Waals surface area contributed by atoms with Gasteiger partial charge in [-0.2, -0.15) is 13.5 Å². The monoisotopic (exact) mass is 466 g/mol. The number of aromatic amines is 2. The number of nitrogens with two attached hydrogens (primary N) is 1. The molecule has 0 saturated heterocycles. The molecule has 0 aliphatic rings. The van der Waals surface area contributed by atoms with Gasteiger partial charge in [-0.25, -0.2) is 15.0 Å². The quantitative estimate of drug-likeness (QED) is 0.306. The first kappa shape index (κ1) is 23.8. The van der Waals surface area contributed by atoms with Crippen molar-refractivity contribution in [3.05, 3.63) is 58.5 Å². The predicted molar refractivity (Wildman–Crippen MR) is 136 cm³/mol. The van der Waals surface area contributed by atoms with Crippen molar-refractivity contribution in [1.29, 1.82) is 0 Å². The van der Waals surface area contributed by atoms with E-state index in [0.29, 0.717) is 46.5 Å². The summed E-state index contributed by atoms with van der Waals surface area (Å²) in [5.41, 5.74) is 9.02. The molecule has 5 N–H and O–H groups in total. The minimum absolute atomic E-state index is 0. The first-order valence-corrected chi connectivity index (χ1v) is 10.1. The van der Waals surface area contributed by atoms with Crippen LogP contribution in [-0.2, 0) is 0 Å². The molecular formula is C22H26N8O2S. The summed E-state index contributed by atoms with van der Waals surface area (Å²) in [4.78, 5) is 36.6. The number of nitrogens with zero attached hydrogens (tertiary/aromatic N) is 4. The van der Waals surface area contributed by atoms with Gasteiger partial charge in [-0.3, -0.25) is 9.79 Å². The highest BCUT2D eigenvalue weighted by Gasteiger charge is 2.22. The van der Waals surface area contributed by atoms with Crippen LogP contribution in [0.4, 0.5) is 11.4 Å². The number of benzene rings is 1. The number of H-pyrrole nitrogens is 2. The number of nitrogens with one attached hydrogen (secondary N) is 3. The van der Waals surface area contributed by atoms with E-state index < -0.39 is 0 Å². The second-order valence-electron chi connectivity index (χ2n) is 7.10. The number of hydrogen-bond donors (Lipinski definition) is 4. The Balaban J connectivity index is 0.00000306. The van der Waals surface area contributed by atoms with Gasteiger partial charge in [0.2, 0.25) is 0 Å². The van der Waals surface area contributed by atoms with Crippen molar-refractivity contribution in [2.45, 2.75) is 19.9 Å². The van der Waals surface area contributed by atoms with Crippen molar-refractivity contribution in [2.24, 2.45) is 4.99 Å². The standard InChI is InChI=1S/C22H24N8O2.H2S/c1-4-24-11-16-18(23)19(27-12(2)20-25-8-5-9-26-20)17(22(31)30-16)21-28-14-7-6-13(32-3)10-15(14)29-21;/h5-12H,4,23H2,1-3H3,(H,28,29)(H2,27,30,31);1H2/t12-;/m0./s1. The number of aromatic nitrogens is 5. The van der Waals surface area contributed by atoms with Crippen molar-refractivity contribution >= 4 is 42.1 Å². The largest absolute Gasteiger partial charge is 0.497 e. The summed E-state index contributed by atoms with van der Waals surface area (Å²) in [6.45, 7) is 4.35. The zero-order chi connectivity index (χ0) is 22.7. The molecule has 0 spiro atoms. The molecule has 4 rings (SSSR count). The smallest absolute Gasteiger partial charge is 0.261 e. The van der Waals surface area contributed by atoms with E-state index in [0.717, 1.165) is 5.52 Å². The molecule has 11 heteroatoms. The van der Waals surface area contributed by atoms with Crippen LogP contribution in [0.5, 0.6) is 5.75 Å². The van der Waals surface area contributed by atoms with Gasteiger partial charge in [0.15, 0.2) is 0 Å². The first-order valence-electron chi connectivity index (χ1n) is 10.1. The minimum atomic E-state index is -0.355. The van der Waals surface area contributed by atoms with E-state index in [9.17, 15) is 4.79 Å². The summed E-state index contributed by atoms with van der Waals surface area (Å²) in [5, 5.41) is 3.30. The van der Waals surface area contributed by atoms with Crippen molar-refractivity contribution < 1.29 is 4.74 Å². The van der Waals surface area contributed by atoms with E-state index in [-0.39, 0.29) is 30.7 Å². The molecule has 10 nitrogen and oxygen atoms in total. The third kappa shape index (κ3) is 4.82. The zero-order valence-corrected chi connectivity index (χ0v) is 19.5. The fraction of sp³-hybridized carbons (Fsp3) is 0.227. The second-order valence-corrected chi connectivity index (χ2v) is 7.10. The Morgan fingerprint density at radius 3 is 2.73 bits per heavy atom. The van der Waals surface area contributed by atoms with E-state index in [2.05, 4.69) is 35.2 Å². The number of ether oxygens (including phenoxy) is 1. The molecule has 0 saturated carbocycles. The summed E-state index contributed by atoms with van der Waals surface area (Å²) in [7, 11) is 1.59. The van der Waals surface area contributed by atoms with E-state index in [4.69, 9.17) is 10.5 Å². The molecule has 172 valence electrons. The maximum Gasteiger partial charge on any atom is 0.261 e. The van der Waals surface area contributed by atoms with Crippen LogP contribution in [-0.4, -0.2) is 44.8 Å². The number of fused-ring (bicyclic) bond motifs is 1. The number of imidazole rings is 1. The average molecular weight is 467 g/mol. The minimum Gasteiger partial charge on any atom is -0.497 e. The molecule has 0 aliphatic carbocycles. The van der Waals surface area contributed by atoms with Crippen LogP contribution < -0.4 is 21.3 Å². The molecule has 0 aliphatic heterocycles. The Morgan fingerprint density at radius 2 is 2.03 bits per heavy atom. The van der Waals surface area contributed by atoms with Crippen molar-refractivity contribution in [3.8, 4) is 17.1 Å². The Bertz CT molecular complexity index is 1330. The molecule has 3 heterocycles. The summed E-state index contributed by atoms with van der Waals surface area (Å²) >= 11 is 0. The van der Waals surface area contributed by atoms with Crippen LogP contribution in [0, 0.1) is 0 Å². The number of anilines is 2. The predicted octanol–water partition coefficient (Wildman–Crippen LogP) is 3.02. The normalized spacial score (nSPS) is 12.0. The third-order valence-electron chi connectivity index (χ3n) is 4.95. The highest BCUT2D eigenvalue weighted by atomic mass is 32.1. The van der Waals surface area contributed by atoms with Gasteiger partial charge in [0.25, 0.3) is 5.56 Å². The molecular weight excluding hydrogens is 440 g/mol. The Morgan fingerprint density at radius 1 is 1.27 bits per heavy atom. The molecule has 4 aromatic rings. The molecule has 0 fully saturated rings. The van der Waals surface area contributed by atoms with Gasteiger partial charge >= 0.3 is 0 Å². The number of aliphatic imine (C=N–C) groups is 1. The lowest BCUT2D eigenvalue weighted by atomic mass is 10.1. The van der Waals surface area contributed by atoms with Crippen LogP contribution in [0.1, 0.15) is 31.4 Å². The zero-order valence-electron chi connectivity index (χ0n) is 18.5. The number of nitrogen functional groups attached to an aromatic ring is 1. The molecule has 0 unspecified atom stereocenters. The fourth-order valence-corrected chi connectivity index (χ4v) is 3.34. The van der Waals surface area contributed by atoms with E-state index in [1.54, 1.807) is 31.8 Å². The molecule has 0 amide bonds. The van der Waals surface area contributed by atoms with E-state index in [1.165, 1.54) is 0 Å². The lowest BCUT2D eigenvalue weighted by Gasteiger charge is -2.19. The van der Waals surface area contributed by atoms with E-state index >= 15 is 0 Å². The number of rotatable bonds is 7. The van der Waals surface area contributed by atoms with Crippen LogP contribution in [0.15, 0.2) is 46.4 Å². The van der Waals surface area contributed by atoms with Crippen molar-refractivity contribution in [1.82, 2.24) is 24.9 Å². The van der Waals surface area contributed by atoms with Gasteiger partial charge in [0.05, 0.1) is 41.3 Å². The Kier molecular flexibility index (Phi) is 7.34. The maximum absolute atomic E-state index is 13.2. The van der Waals surface area contributed by atoms with Gasteiger partial charge in [-0.1, -0.05) is 0 Å². The summed E-state index contributed by atoms with van der Waals surface area (Å²) in [6, 6.07) is 6.87. The number of pyridine rings is 1. The van der Waals surface area contributed by atoms with Gasteiger partial charge in [-0.15, -0.1) is 0 Å². The highest BCUT2D eigenvalue weighted by Crippen LogP contribution is 2.33. The van der Waals surface area contributed by atoms with Crippen molar-refractivity contribution in [2.75, 3.05) is 24.7 Å². The first-order chi connectivity index (χ1) is 15.5. The molecule has 3 aromatic heterocycles. The average Bonchev–Trinajstić information content (AvgIpc) is 3.23. The van der Waals surface area contributed by atoms with Gasteiger partial charge < -0.3 is 25.8 Å². The van der Waals surface area contributed by atoms with Crippen molar-refractivity contribution in [3.63, 3.8) is 0 Å². The van der Waals surface area contributed by atoms with Gasteiger partial charge in [0, 0.05) is 31.2 Å². The third-order valence-corrected chi connectivity index (χ3v) is 4.95. The Labute approximate surface area is 197 Å². The summed E-state index contributed by atoms with van der Waals surface area (Å²) in [6.07, 6.45) is 4.88. The molecule has 0 bridgehead atoms. The Hall–Kier alpha value is -3.86. The SMILES string of the molecule is CCN=Cc1[nH]c(=O)c(-c2nc3ccc(OC)cc3[nH]2)c(N[C@@H](C)c2ncccn2)c1N.S. The van der Waals surface area contributed by atoms with Gasteiger partial charge in [-0.05, 0) is 32.0 Å². The van der Waals surface area contributed by atoms with Crippen LogP contribution in [0.2, 0.25) is 0 Å².